The molecule has 0 amide bonds. The van der Waals surface area contributed by atoms with Crippen molar-refractivity contribution in [2.45, 2.75) is 18.0 Å². The van der Waals surface area contributed by atoms with Crippen molar-refractivity contribution in [2.75, 3.05) is 7.05 Å². The second-order valence-corrected chi connectivity index (χ2v) is 2.81. The smallest absolute Gasteiger partial charge is 0.163 e. The first-order chi connectivity index (χ1) is 3.18. The van der Waals surface area contributed by atoms with Crippen molar-refractivity contribution in [1.82, 2.24) is 5.32 Å². The largest absolute Gasteiger partial charge is 0.290 e. The summed E-state index contributed by atoms with van der Waals surface area (Å²) in [5, 5.41) is 2.45. The lowest BCUT2D eigenvalue weighted by molar-refractivity contribution is 0.293. The van der Waals surface area contributed by atoms with E-state index in [-0.39, 0.29) is 4.83 Å². The summed E-state index contributed by atoms with van der Waals surface area (Å²) in [5.41, 5.74) is 0. The van der Waals surface area contributed by atoms with Crippen LogP contribution in [0.4, 0.5) is 4.39 Å². The van der Waals surface area contributed by atoms with Crippen molar-refractivity contribution in [3.05, 3.63) is 0 Å². The highest BCUT2D eigenvalue weighted by Crippen LogP contribution is 2.03. The van der Waals surface area contributed by atoms with Gasteiger partial charge in [0.15, 0.2) is 6.30 Å². The topological polar surface area (TPSA) is 12.0 Å². The maximum absolute atomic E-state index is 12.1. The van der Waals surface area contributed by atoms with Gasteiger partial charge in [0.05, 0.1) is 4.83 Å². The lowest BCUT2D eigenvalue weighted by Gasteiger charge is -2.06. The molecule has 44 valence electrons. The molecule has 0 aliphatic carbocycles. The van der Waals surface area contributed by atoms with E-state index < -0.39 is 6.30 Å². The molecule has 0 bridgehead atoms. The molecule has 0 saturated heterocycles. The lowest BCUT2D eigenvalue weighted by Crippen LogP contribution is -2.26. The molecule has 0 fully saturated rings. The third kappa shape index (κ3) is 3.00. The van der Waals surface area contributed by atoms with Crippen molar-refractivity contribution in [1.29, 1.82) is 0 Å². The van der Waals surface area contributed by atoms with Crippen LogP contribution in [-0.2, 0) is 0 Å². The molecule has 0 aliphatic heterocycles. The van der Waals surface area contributed by atoms with Crippen LogP contribution in [0.25, 0.3) is 0 Å². The first kappa shape index (κ1) is 7.37. The fourth-order valence-electron chi connectivity index (χ4n) is 0.230. The van der Waals surface area contributed by atoms with Crippen molar-refractivity contribution in [3.8, 4) is 0 Å². The minimum Gasteiger partial charge on any atom is -0.290 e. The quantitative estimate of drug-likeness (QED) is 0.486. The maximum atomic E-state index is 12.1. The van der Waals surface area contributed by atoms with E-state index in [1.165, 1.54) is 0 Å². The minimum atomic E-state index is -0.931. The Bertz CT molecular complexity index is 49.0. The molecule has 0 heterocycles. The van der Waals surface area contributed by atoms with E-state index >= 15 is 0 Å². The average Bonchev–Trinajstić information content (AvgIpc) is 1.65. The monoisotopic (exact) mass is 169 g/mol. The normalized spacial score (nSPS) is 18.9. The fourth-order valence-corrected chi connectivity index (χ4v) is 0.494. The van der Waals surface area contributed by atoms with Crippen LogP contribution in [-0.4, -0.2) is 18.2 Å². The van der Waals surface area contributed by atoms with Crippen LogP contribution in [0.1, 0.15) is 6.92 Å². The molecule has 0 saturated carbocycles. The van der Waals surface area contributed by atoms with E-state index in [0.29, 0.717) is 0 Å². The van der Waals surface area contributed by atoms with E-state index in [0.717, 1.165) is 0 Å². The van der Waals surface area contributed by atoms with Crippen LogP contribution in [0.15, 0.2) is 0 Å². The molecule has 3 heteroatoms. The molecule has 0 aromatic heterocycles. The van der Waals surface area contributed by atoms with Crippen LogP contribution in [0.3, 0.4) is 0 Å². The van der Waals surface area contributed by atoms with Gasteiger partial charge in [-0.25, -0.2) is 4.39 Å². The molecule has 2 atom stereocenters. The van der Waals surface area contributed by atoms with Crippen molar-refractivity contribution in [3.63, 3.8) is 0 Å². The van der Waals surface area contributed by atoms with Gasteiger partial charge in [-0.3, -0.25) is 5.32 Å². The Morgan fingerprint density at radius 1 is 1.71 bits per heavy atom. The zero-order valence-electron chi connectivity index (χ0n) is 4.41. The summed E-state index contributed by atoms with van der Waals surface area (Å²) in [7, 11) is 1.59. The highest BCUT2D eigenvalue weighted by Gasteiger charge is 2.07. The number of halogens is 2. The number of hydrogen-bond donors (Lipinski definition) is 1. The van der Waals surface area contributed by atoms with Gasteiger partial charge in [0, 0.05) is 0 Å². The predicted octanol–water partition coefficient (Wildman–Crippen LogP) is 1.28. The standard InChI is InChI=1S/C4H9BrFN/c1-3(5)4(6)7-2/h3-4,7H,1-2H3/t3-,4?/m1/s1. The van der Waals surface area contributed by atoms with Crippen molar-refractivity contribution in [2.24, 2.45) is 0 Å². The molecule has 0 spiro atoms. The van der Waals surface area contributed by atoms with Crippen LogP contribution in [0.5, 0.6) is 0 Å². The van der Waals surface area contributed by atoms with E-state index in [1.807, 2.05) is 0 Å². The summed E-state index contributed by atoms with van der Waals surface area (Å²) in [6.07, 6.45) is -0.931. The molecular weight excluding hydrogens is 161 g/mol. The van der Waals surface area contributed by atoms with Gasteiger partial charge in [-0.15, -0.1) is 0 Å². The van der Waals surface area contributed by atoms with E-state index in [1.54, 1.807) is 14.0 Å². The van der Waals surface area contributed by atoms with Gasteiger partial charge < -0.3 is 0 Å². The van der Waals surface area contributed by atoms with Crippen LogP contribution in [0, 0.1) is 0 Å². The molecule has 0 aliphatic rings. The second-order valence-electron chi connectivity index (χ2n) is 1.37. The first-order valence-corrected chi connectivity index (χ1v) is 3.05. The van der Waals surface area contributed by atoms with E-state index in [4.69, 9.17) is 0 Å². The second kappa shape index (κ2) is 3.38. The maximum Gasteiger partial charge on any atom is 0.163 e. The zero-order chi connectivity index (χ0) is 5.86. The van der Waals surface area contributed by atoms with E-state index in [2.05, 4.69) is 21.2 Å². The Hall–Kier alpha value is 0.370. The predicted molar refractivity (Wildman–Crippen MR) is 32.3 cm³/mol. The Labute approximate surface area is 51.4 Å². The Balaban J connectivity index is 3.14. The zero-order valence-corrected chi connectivity index (χ0v) is 6.00. The summed E-state index contributed by atoms with van der Waals surface area (Å²) in [5.74, 6) is 0. The number of rotatable bonds is 2. The summed E-state index contributed by atoms with van der Waals surface area (Å²) in [6, 6.07) is 0. The van der Waals surface area contributed by atoms with Gasteiger partial charge in [0.1, 0.15) is 0 Å². The van der Waals surface area contributed by atoms with Crippen LogP contribution in [0.2, 0.25) is 0 Å². The third-order valence-corrected chi connectivity index (χ3v) is 1.14. The number of hydrogen-bond acceptors (Lipinski definition) is 1. The first-order valence-electron chi connectivity index (χ1n) is 2.14. The highest BCUT2D eigenvalue weighted by atomic mass is 79.9. The molecular formula is C4H9BrFN. The Morgan fingerprint density at radius 2 is 2.14 bits per heavy atom. The van der Waals surface area contributed by atoms with Gasteiger partial charge in [0.2, 0.25) is 0 Å². The summed E-state index contributed by atoms with van der Waals surface area (Å²) < 4.78 is 12.1. The molecule has 0 radical (unpaired) electrons. The minimum absolute atomic E-state index is 0.0995. The van der Waals surface area contributed by atoms with Crippen molar-refractivity contribution < 1.29 is 4.39 Å². The third-order valence-electron chi connectivity index (χ3n) is 0.679. The fraction of sp³-hybridized carbons (Fsp3) is 1.00. The lowest BCUT2D eigenvalue weighted by atomic mass is 10.4. The summed E-state index contributed by atoms with van der Waals surface area (Å²) in [4.78, 5) is -0.0995. The molecule has 0 aromatic carbocycles. The van der Waals surface area contributed by atoms with Gasteiger partial charge in [-0.05, 0) is 14.0 Å². The van der Waals surface area contributed by atoms with Crippen LogP contribution >= 0.6 is 15.9 Å². The summed E-state index contributed by atoms with van der Waals surface area (Å²) >= 11 is 3.06. The number of alkyl halides is 2. The van der Waals surface area contributed by atoms with Crippen LogP contribution < -0.4 is 5.32 Å². The van der Waals surface area contributed by atoms with Gasteiger partial charge >= 0.3 is 0 Å². The molecule has 1 unspecified atom stereocenters. The molecule has 7 heavy (non-hydrogen) atoms. The number of nitrogens with one attached hydrogen (secondary N) is 1. The van der Waals surface area contributed by atoms with Gasteiger partial charge in [-0.1, -0.05) is 15.9 Å². The van der Waals surface area contributed by atoms with Gasteiger partial charge in [-0.2, -0.15) is 0 Å². The molecule has 1 nitrogen and oxygen atoms in total. The van der Waals surface area contributed by atoms with E-state index in [9.17, 15) is 4.39 Å². The Morgan fingerprint density at radius 3 is 2.14 bits per heavy atom. The van der Waals surface area contributed by atoms with Gasteiger partial charge in [0.25, 0.3) is 0 Å². The van der Waals surface area contributed by atoms with Crippen molar-refractivity contribution >= 4 is 15.9 Å². The Kier molecular flexibility index (Phi) is 3.56. The summed E-state index contributed by atoms with van der Waals surface area (Å²) in [6.45, 7) is 1.75. The highest BCUT2D eigenvalue weighted by molar-refractivity contribution is 9.09. The average molecular weight is 170 g/mol. The SMILES string of the molecule is CNC(F)[C@@H](C)Br. The molecule has 0 aromatic rings. The molecule has 0 rings (SSSR count). The molecule has 1 N–H and O–H groups in total.